The van der Waals surface area contributed by atoms with Crippen LogP contribution in [0, 0.1) is 0 Å². The van der Waals surface area contributed by atoms with Crippen LogP contribution in [0.25, 0.3) is 0 Å². The topological polar surface area (TPSA) is 29.9 Å². The minimum atomic E-state index is 0.415. The molecule has 1 atom stereocenters. The largest absolute Gasteiger partial charge is 0.313 e. The van der Waals surface area contributed by atoms with Crippen molar-refractivity contribution in [3.8, 4) is 0 Å². The van der Waals surface area contributed by atoms with Crippen LogP contribution >= 0.6 is 11.6 Å². The summed E-state index contributed by atoms with van der Waals surface area (Å²) in [7, 11) is 0. The molecule has 0 radical (unpaired) electrons. The second-order valence-electron chi connectivity index (χ2n) is 5.39. The quantitative estimate of drug-likeness (QED) is 0.806. The van der Waals surface area contributed by atoms with E-state index in [0.29, 0.717) is 6.04 Å². The van der Waals surface area contributed by atoms with E-state index in [-0.39, 0.29) is 0 Å². The number of nitrogens with one attached hydrogen (secondary N) is 1. The number of aromatic nitrogens is 2. The van der Waals surface area contributed by atoms with Gasteiger partial charge in [-0.25, -0.2) is 0 Å². The van der Waals surface area contributed by atoms with Crippen molar-refractivity contribution in [2.75, 3.05) is 6.54 Å². The van der Waals surface area contributed by atoms with E-state index in [9.17, 15) is 0 Å². The van der Waals surface area contributed by atoms with Gasteiger partial charge in [0.05, 0.1) is 6.20 Å². The standard InChI is InChI=1S/C17H24ClN3/c1-3-8-19-17(10-14-6-5-7-16(18)9-14)11-15-12-20-21(4-2)13-15/h5-7,9,12-13,17,19H,3-4,8,10-11H2,1-2H3. The minimum absolute atomic E-state index is 0.415. The number of benzene rings is 1. The Bertz CT molecular complexity index is 550. The van der Waals surface area contributed by atoms with Crippen molar-refractivity contribution in [1.82, 2.24) is 15.1 Å². The van der Waals surface area contributed by atoms with Gasteiger partial charge in [-0.15, -0.1) is 0 Å². The molecule has 1 aromatic heterocycles. The summed E-state index contributed by atoms with van der Waals surface area (Å²) >= 11 is 6.08. The molecule has 2 rings (SSSR count). The van der Waals surface area contributed by atoms with Crippen LogP contribution in [0.2, 0.25) is 5.02 Å². The third-order valence-electron chi connectivity index (χ3n) is 3.55. The first-order valence-corrected chi connectivity index (χ1v) is 8.08. The molecular formula is C17H24ClN3. The lowest BCUT2D eigenvalue weighted by Crippen LogP contribution is -2.33. The highest BCUT2D eigenvalue weighted by Crippen LogP contribution is 2.14. The Kier molecular flexibility index (Phi) is 6.27. The average Bonchev–Trinajstić information content (AvgIpc) is 2.92. The van der Waals surface area contributed by atoms with Gasteiger partial charge in [0.2, 0.25) is 0 Å². The number of hydrogen-bond acceptors (Lipinski definition) is 2. The van der Waals surface area contributed by atoms with Gasteiger partial charge < -0.3 is 5.32 Å². The van der Waals surface area contributed by atoms with Gasteiger partial charge in [0.1, 0.15) is 0 Å². The van der Waals surface area contributed by atoms with E-state index >= 15 is 0 Å². The molecule has 1 heterocycles. The fraction of sp³-hybridized carbons (Fsp3) is 0.471. The lowest BCUT2D eigenvalue weighted by atomic mass is 10.0. The number of nitrogens with zero attached hydrogens (tertiary/aromatic N) is 2. The van der Waals surface area contributed by atoms with Crippen LogP contribution in [-0.4, -0.2) is 22.4 Å². The summed E-state index contributed by atoms with van der Waals surface area (Å²) in [6.45, 7) is 6.25. The van der Waals surface area contributed by atoms with Gasteiger partial charge in [-0.05, 0) is 56.0 Å². The second kappa shape index (κ2) is 8.20. The van der Waals surface area contributed by atoms with Crippen molar-refractivity contribution in [3.63, 3.8) is 0 Å². The number of halogens is 1. The van der Waals surface area contributed by atoms with Crippen LogP contribution in [0.1, 0.15) is 31.4 Å². The lowest BCUT2D eigenvalue weighted by Gasteiger charge is -2.18. The summed E-state index contributed by atoms with van der Waals surface area (Å²) < 4.78 is 1.98. The van der Waals surface area contributed by atoms with Gasteiger partial charge in [-0.3, -0.25) is 4.68 Å². The monoisotopic (exact) mass is 305 g/mol. The Hall–Kier alpha value is -1.32. The summed E-state index contributed by atoms with van der Waals surface area (Å²) in [5.41, 5.74) is 2.56. The molecule has 0 aliphatic heterocycles. The highest BCUT2D eigenvalue weighted by molar-refractivity contribution is 6.30. The maximum Gasteiger partial charge on any atom is 0.0522 e. The van der Waals surface area contributed by atoms with Crippen molar-refractivity contribution in [2.45, 2.75) is 45.7 Å². The van der Waals surface area contributed by atoms with Crippen molar-refractivity contribution in [3.05, 3.63) is 52.8 Å². The van der Waals surface area contributed by atoms with E-state index in [1.807, 2.05) is 23.0 Å². The van der Waals surface area contributed by atoms with Crippen molar-refractivity contribution in [1.29, 1.82) is 0 Å². The Labute approximate surface area is 132 Å². The van der Waals surface area contributed by atoms with E-state index in [4.69, 9.17) is 11.6 Å². The molecule has 0 aliphatic carbocycles. The van der Waals surface area contributed by atoms with Crippen LogP contribution in [-0.2, 0) is 19.4 Å². The molecule has 0 aliphatic rings. The molecule has 0 saturated heterocycles. The first-order chi connectivity index (χ1) is 10.2. The van der Waals surface area contributed by atoms with Gasteiger partial charge in [0, 0.05) is 23.8 Å². The van der Waals surface area contributed by atoms with Gasteiger partial charge in [-0.2, -0.15) is 5.10 Å². The smallest absolute Gasteiger partial charge is 0.0522 e. The molecule has 1 unspecified atom stereocenters. The van der Waals surface area contributed by atoms with Gasteiger partial charge in [-0.1, -0.05) is 30.7 Å². The molecule has 1 aromatic carbocycles. The zero-order valence-corrected chi connectivity index (χ0v) is 13.6. The summed E-state index contributed by atoms with van der Waals surface area (Å²) in [5.74, 6) is 0. The van der Waals surface area contributed by atoms with Gasteiger partial charge in [0.15, 0.2) is 0 Å². The number of rotatable bonds is 8. The molecule has 0 saturated carbocycles. The number of aryl methyl sites for hydroxylation is 1. The van der Waals surface area contributed by atoms with Gasteiger partial charge in [0.25, 0.3) is 0 Å². The zero-order chi connectivity index (χ0) is 15.1. The molecule has 21 heavy (non-hydrogen) atoms. The predicted molar refractivity (Wildman–Crippen MR) is 88.8 cm³/mol. The molecule has 4 heteroatoms. The fourth-order valence-electron chi connectivity index (χ4n) is 2.48. The summed E-state index contributed by atoms with van der Waals surface area (Å²) in [6, 6.07) is 8.55. The summed E-state index contributed by atoms with van der Waals surface area (Å²) in [6.07, 6.45) is 7.23. The minimum Gasteiger partial charge on any atom is -0.313 e. The molecule has 2 aromatic rings. The van der Waals surface area contributed by atoms with Crippen molar-refractivity contribution >= 4 is 11.6 Å². The molecular weight excluding hydrogens is 282 g/mol. The molecule has 0 bridgehead atoms. The van der Waals surface area contributed by atoms with Crippen LogP contribution in [0.4, 0.5) is 0 Å². The maximum atomic E-state index is 6.08. The predicted octanol–water partition coefficient (Wildman–Crippen LogP) is 3.71. The molecule has 0 amide bonds. The second-order valence-corrected chi connectivity index (χ2v) is 5.83. The highest BCUT2D eigenvalue weighted by Gasteiger charge is 2.11. The normalized spacial score (nSPS) is 12.5. The highest BCUT2D eigenvalue weighted by atomic mass is 35.5. The molecule has 3 nitrogen and oxygen atoms in total. The summed E-state index contributed by atoms with van der Waals surface area (Å²) in [4.78, 5) is 0. The Balaban J connectivity index is 2.03. The number of hydrogen-bond donors (Lipinski definition) is 1. The van der Waals surface area contributed by atoms with Crippen molar-refractivity contribution < 1.29 is 0 Å². The van der Waals surface area contributed by atoms with Crippen LogP contribution < -0.4 is 5.32 Å². The van der Waals surface area contributed by atoms with E-state index in [2.05, 4.69) is 42.6 Å². The van der Waals surface area contributed by atoms with Crippen LogP contribution in [0.15, 0.2) is 36.7 Å². The molecule has 1 N–H and O–H groups in total. The van der Waals surface area contributed by atoms with E-state index in [1.54, 1.807) is 0 Å². The Morgan fingerprint density at radius 1 is 1.24 bits per heavy atom. The first kappa shape index (κ1) is 16.1. The fourth-order valence-corrected chi connectivity index (χ4v) is 2.70. The van der Waals surface area contributed by atoms with Crippen LogP contribution in [0.5, 0.6) is 0 Å². The van der Waals surface area contributed by atoms with Gasteiger partial charge >= 0.3 is 0 Å². The lowest BCUT2D eigenvalue weighted by molar-refractivity contribution is 0.504. The molecule has 0 fully saturated rings. The van der Waals surface area contributed by atoms with E-state index < -0.39 is 0 Å². The van der Waals surface area contributed by atoms with E-state index in [1.165, 1.54) is 11.1 Å². The SMILES string of the molecule is CCCNC(Cc1cccc(Cl)c1)Cc1cnn(CC)c1. The van der Waals surface area contributed by atoms with Crippen molar-refractivity contribution in [2.24, 2.45) is 0 Å². The first-order valence-electron chi connectivity index (χ1n) is 7.70. The molecule has 114 valence electrons. The third-order valence-corrected chi connectivity index (χ3v) is 3.78. The average molecular weight is 306 g/mol. The zero-order valence-electron chi connectivity index (χ0n) is 12.8. The maximum absolute atomic E-state index is 6.08. The Morgan fingerprint density at radius 3 is 2.71 bits per heavy atom. The van der Waals surface area contributed by atoms with E-state index in [0.717, 1.165) is 37.4 Å². The summed E-state index contributed by atoms with van der Waals surface area (Å²) in [5, 5.41) is 8.80. The Morgan fingerprint density at radius 2 is 2.05 bits per heavy atom. The molecule has 0 spiro atoms. The van der Waals surface area contributed by atoms with Crippen LogP contribution in [0.3, 0.4) is 0 Å². The third kappa shape index (κ3) is 5.18.